The van der Waals surface area contributed by atoms with Crippen LogP contribution in [0.4, 0.5) is 5.82 Å². The van der Waals surface area contributed by atoms with Crippen LogP contribution in [0.1, 0.15) is 19.2 Å². The number of anilines is 1. The maximum Gasteiger partial charge on any atom is 0.151 e. The number of nitrogens with zero attached hydrogens (tertiary/aromatic N) is 2. The molecule has 0 bridgehead atoms. The average Bonchev–Trinajstić information content (AvgIpc) is 2.29. The number of hydrogen-bond acceptors (Lipinski definition) is 4. The Hall–Kier alpha value is -0.950. The topological polar surface area (TPSA) is 63.8 Å². The first-order chi connectivity index (χ1) is 7.74. The third-order valence-electron chi connectivity index (χ3n) is 2.31. The van der Waals surface area contributed by atoms with E-state index >= 15 is 0 Å². The predicted molar refractivity (Wildman–Crippen MR) is 74.1 cm³/mol. The van der Waals surface area contributed by atoms with E-state index in [-0.39, 0.29) is 0 Å². The molecule has 0 aliphatic heterocycles. The van der Waals surface area contributed by atoms with Gasteiger partial charge in [0.05, 0.1) is 5.52 Å². The second-order valence-electron chi connectivity index (χ2n) is 3.54. The molecule has 0 aliphatic carbocycles. The van der Waals surface area contributed by atoms with E-state index in [9.17, 15) is 0 Å². The van der Waals surface area contributed by atoms with Crippen LogP contribution in [0.15, 0.2) is 18.2 Å². The molecule has 0 saturated heterocycles. The van der Waals surface area contributed by atoms with Gasteiger partial charge < -0.3 is 5.43 Å². The summed E-state index contributed by atoms with van der Waals surface area (Å²) in [6, 6.07) is 6.06. The fraction of sp³-hybridized carbons (Fsp3) is 0.273. The van der Waals surface area contributed by atoms with Crippen molar-refractivity contribution >= 4 is 39.3 Å². The molecule has 84 valence electrons. The molecule has 4 nitrogen and oxygen atoms in total. The van der Waals surface area contributed by atoms with Crippen molar-refractivity contribution in [2.75, 3.05) is 5.43 Å². The van der Waals surface area contributed by atoms with Crippen molar-refractivity contribution in [2.45, 2.75) is 19.8 Å². The summed E-state index contributed by atoms with van der Waals surface area (Å²) in [5, 5.41) is 0.967. The quantitative estimate of drug-likeness (QED) is 0.516. The highest BCUT2D eigenvalue weighted by molar-refractivity contribution is 14.1. The lowest BCUT2D eigenvalue weighted by atomic mass is 10.2. The van der Waals surface area contributed by atoms with Crippen molar-refractivity contribution in [1.29, 1.82) is 0 Å². The zero-order chi connectivity index (χ0) is 11.5. The molecule has 0 atom stereocenters. The van der Waals surface area contributed by atoms with Crippen LogP contribution < -0.4 is 11.3 Å². The SMILES string of the molecule is CCCc1nc(NN)c2cc(I)ccc2n1. The Balaban J connectivity index is 2.63. The van der Waals surface area contributed by atoms with E-state index in [0.717, 1.165) is 33.1 Å². The van der Waals surface area contributed by atoms with Crippen molar-refractivity contribution in [3.8, 4) is 0 Å². The molecule has 0 unspecified atom stereocenters. The lowest BCUT2D eigenvalue weighted by Gasteiger charge is -2.07. The van der Waals surface area contributed by atoms with Gasteiger partial charge in [0, 0.05) is 15.4 Å². The Labute approximate surface area is 108 Å². The lowest BCUT2D eigenvalue weighted by Crippen LogP contribution is -2.11. The Kier molecular flexibility index (Phi) is 3.55. The molecule has 0 fully saturated rings. The maximum absolute atomic E-state index is 5.49. The van der Waals surface area contributed by atoms with Crippen LogP contribution in [0.3, 0.4) is 0 Å². The minimum atomic E-state index is 0.701. The van der Waals surface area contributed by atoms with Gasteiger partial charge in [-0.2, -0.15) is 0 Å². The summed E-state index contributed by atoms with van der Waals surface area (Å²) in [4.78, 5) is 8.90. The van der Waals surface area contributed by atoms with Gasteiger partial charge in [0.15, 0.2) is 5.82 Å². The molecule has 0 saturated carbocycles. The monoisotopic (exact) mass is 328 g/mol. The van der Waals surface area contributed by atoms with Crippen LogP contribution in [0.25, 0.3) is 10.9 Å². The summed E-state index contributed by atoms with van der Waals surface area (Å²) in [5.74, 6) is 7.03. The number of fused-ring (bicyclic) bond motifs is 1. The number of aromatic nitrogens is 2. The second kappa shape index (κ2) is 4.92. The van der Waals surface area contributed by atoms with E-state index in [1.165, 1.54) is 0 Å². The lowest BCUT2D eigenvalue weighted by molar-refractivity contribution is 0.844. The number of halogens is 1. The molecule has 0 amide bonds. The molecule has 1 aromatic carbocycles. The van der Waals surface area contributed by atoms with Crippen molar-refractivity contribution in [3.05, 3.63) is 27.6 Å². The highest BCUT2D eigenvalue weighted by atomic mass is 127. The van der Waals surface area contributed by atoms with Gasteiger partial charge in [-0.15, -0.1) is 0 Å². The van der Waals surface area contributed by atoms with Crippen molar-refractivity contribution in [3.63, 3.8) is 0 Å². The minimum Gasteiger partial charge on any atom is -0.308 e. The smallest absolute Gasteiger partial charge is 0.151 e. The van der Waals surface area contributed by atoms with Crippen LogP contribution >= 0.6 is 22.6 Å². The summed E-state index contributed by atoms with van der Waals surface area (Å²) in [7, 11) is 0. The van der Waals surface area contributed by atoms with Gasteiger partial charge in [-0.3, -0.25) is 0 Å². The molecular weight excluding hydrogens is 315 g/mol. The molecule has 2 aromatic rings. The third-order valence-corrected chi connectivity index (χ3v) is 2.99. The van der Waals surface area contributed by atoms with E-state index in [1.54, 1.807) is 0 Å². The maximum atomic E-state index is 5.49. The number of hydrogen-bond donors (Lipinski definition) is 2. The molecule has 0 radical (unpaired) electrons. The number of nitrogen functional groups attached to an aromatic ring is 1. The van der Waals surface area contributed by atoms with Crippen molar-refractivity contribution in [1.82, 2.24) is 9.97 Å². The normalized spacial score (nSPS) is 10.7. The van der Waals surface area contributed by atoms with E-state index in [4.69, 9.17) is 5.84 Å². The molecule has 0 aliphatic rings. The van der Waals surface area contributed by atoms with Crippen LogP contribution in [-0.2, 0) is 6.42 Å². The first-order valence-electron chi connectivity index (χ1n) is 5.17. The van der Waals surface area contributed by atoms with E-state index in [0.29, 0.717) is 5.82 Å². The molecule has 5 heteroatoms. The predicted octanol–water partition coefficient (Wildman–Crippen LogP) is 2.47. The van der Waals surface area contributed by atoms with Crippen molar-refractivity contribution < 1.29 is 0 Å². The summed E-state index contributed by atoms with van der Waals surface area (Å²) in [5.41, 5.74) is 3.58. The molecule has 1 heterocycles. The number of rotatable bonds is 3. The second-order valence-corrected chi connectivity index (χ2v) is 4.79. The molecule has 1 aromatic heterocycles. The average molecular weight is 328 g/mol. The Bertz CT molecular complexity index is 513. The molecule has 16 heavy (non-hydrogen) atoms. The number of benzene rings is 1. The fourth-order valence-corrected chi connectivity index (χ4v) is 2.09. The standard InChI is InChI=1S/C11H13IN4/c1-2-3-10-14-9-5-4-7(12)6-8(9)11(15-10)16-13/h4-6H,2-3,13H2,1H3,(H,14,15,16). The summed E-state index contributed by atoms with van der Waals surface area (Å²) in [6.45, 7) is 2.11. The summed E-state index contributed by atoms with van der Waals surface area (Å²) < 4.78 is 1.15. The summed E-state index contributed by atoms with van der Waals surface area (Å²) in [6.07, 6.45) is 1.90. The number of nitrogens with one attached hydrogen (secondary N) is 1. The van der Waals surface area contributed by atoms with Gasteiger partial charge in [-0.1, -0.05) is 6.92 Å². The Morgan fingerprint density at radius 3 is 2.88 bits per heavy atom. The van der Waals surface area contributed by atoms with E-state index < -0.39 is 0 Å². The number of aryl methyl sites for hydroxylation is 1. The molecule has 2 rings (SSSR count). The van der Waals surface area contributed by atoms with Gasteiger partial charge in [0.2, 0.25) is 0 Å². The van der Waals surface area contributed by atoms with Crippen LogP contribution in [0.2, 0.25) is 0 Å². The highest BCUT2D eigenvalue weighted by Crippen LogP contribution is 2.22. The van der Waals surface area contributed by atoms with E-state index in [2.05, 4.69) is 44.9 Å². The van der Waals surface area contributed by atoms with Gasteiger partial charge in [-0.25, -0.2) is 15.8 Å². The fourth-order valence-electron chi connectivity index (χ4n) is 1.59. The van der Waals surface area contributed by atoms with Gasteiger partial charge >= 0.3 is 0 Å². The van der Waals surface area contributed by atoms with Crippen molar-refractivity contribution in [2.24, 2.45) is 5.84 Å². The third kappa shape index (κ3) is 2.25. The Morgan fingerprint density at radius 2 is 2.19 bits per heavy atom. The van der Waals surface area contributed by atoms with Gasteiger partial charge in [0.1, 0.15) is 5.82 Å². The highest BCUT2D eigenvalue weighted by Gasteiger charge is 2.06. The first kappa shape index (κ1) is 11.5. The largest absolute Gasteiger partial charge is 0.308 e. The van der Waals surface area contributed by atoms with Crippen LogP contribution in [0, 0.1) is 3.57 Å². The van der Waals surface area contributed by atoms with Gasteiger partial charge in [0.25, 0.3) is 0 Å². The zero-order valence-corrected chi connectivity index (χ0v) is 11.2. The molecule has 3 N–H and O–H groups in total. The number of nitrogens with two attached hydrogens (primary N) is 1. The minimum absolute atomic E-state index is 0.701. The molecule has 0 spiro atoms. The zero-order valence-electron chi connectivity index (χ0n) is 9.00. The Morgan fingerprint density at radius 1 is 1.38 bits per heavy atom. The summed E-state index contributed by atoms with van der Waals surface area (Å²) >= 11 is 2.26. The first-order valence-corrected chi connectivity index (χ1v) is 6.25. The van der Waals surface area contributed by atoms with E-state index in [1.807, 2.05) is 18.2 Å². The van der Waals surface area contributed by atoms with Crippen LogP contribution in [0.5, 0.6) is 0 Å². The molecular formula is C11H13IN4. The number of hydrazine groups is 1. The van der Waals surface area contributed by atoms with Crippen LogP contribution in [-0.4, -0.2) is 9.97 Å². The van der Waals surface area contributed by atoms with Gasteiger partial charge in [-0.05, 0) is 47.2 Å².